The number of nitrogens with zero attached hydrogens (tertiary/aromatic N) is 2. The smallest absolute Gasteiger partial charge is 0.226 e. The molecule has 6 heteroatoms. The number of aryl methyl sites for hydroxylation is 1. The molecule has 1 aromatic carbocycles. The Labute approximate surface area is 153 Å². The number of nitrogens with one attached hydrogen (secondary N) is 1. The molecule has 0 saturated carbocycles. The van der Waals surface area contributed by atoms with Crippen LogP contribution in [0, 0.1) is 12.7 Å². The summed E-state index contributed by atoms with van der Waals surface area (Å²) in [5.41, 5.74) is 1.25. The standard InChI is InChI=1S/C20H26FN3O2/c1-14-17(23-19(26-14)15-6-8-16(21)9-7-15)12-18(25)22-13-20(2,3)24-10-4-5-11-24/h6-9H,4-5,10-13H2,1-3H3,(H,22,25). The van der Waals surface area contributed by atoms with Crippen molar-refractivity contribution in [2.75, 3.05) is 19.6 Å². The molecule has 0 radical (unpaired) electrons. The summed E-state index contributed by atoms with van der Waals surface area (Å²) in [6, 6.07) is 5.95. The maximum atomic E-state index is 13.0. The number of hydrogen-bond acceptors (Lipinski definition) is 4. The van der Waals surface area contributed by atoms with Crippen molar-refractivity contribution < 1.29 is 13.6 Å². The molecule has 0 spiro atoms. The monoisotopic (exact) mass is 359 g/mol. The number of oxazole rings is 1. The van der Waals surface area contributed by atoms with Crippen molar-refractivity contribution in [3.05, 3.63) is 41.5 Å². The molecule has 3 rings (SSSR count). The third-order valence-electron chi connectivity index (χ3n) is 4.99. The first kappa shape index (κ1) is 18.6. The second-order valence-corrected chi connectivity index (χ2v) is 7.49. The molecule has 26 heavy (non-hydrogen) atoms. The molecule has 140 valence electrons. The van der Waals surface area contributed by atoms with E-state index in [4.69, 9.17) is 4.42 Å². The molecular weight excluding hydrogens is 333 g/mol. The van der Waals surface area contributed by atoms with Crippen LogP contribution in [0.4, 0.5) is 4.39 Å². The topological polar surface area (TPSA) is 58.4 Å². The van der Waals surface area contributed by atoms with Crippen molar-refractivity contribution >= 4 is 5.91 Å². The largest absolute Gasteiger partial charge is 0.441 e. The predicted molar refractivity (Wildman–Crippen MR) is 98.2 cm³/mol. The van der Waals surface area contributed by atoms with Gasteiger partial charge in [0.15, 0.2) is 0 Å². The summed E-state index contributed by atoms with van der Waals surface area (Å²) in [7, 11) is 0. The van der Waals surface area contributed by atoms with Crippen LogP contribution in [0.15, 0.2) is 28.7 Å². The number of benzene rings is 1. The summed E-state index contributed by atoms with van der Waals surface area (Å²) in [6.07, 6.45) is 2.62. The Bertz CT molecular complexity index is 762. The van der Waals surface area contributed by atoms with Crippen molar-refractivity contribution in [3.8, 4) is 11.5 Å². The van der Waals surface area contributed by atoms with Gasteiger partial charge in [-0.3, -0.25) is 9.69 Å². The van der Waals surface area contributed by atoms with Crippen LogP contribution < -0.4 is 5.32 Å². The zero-order chi connectivity index (χ0) is 18.7. The van der Waals surface area contributed by atoms with Gasteiger partial charge in [0, 0.05) is 17.6 Å². The zero-order valence-electron chi connectivity index (χ0n) is 15.6. The van der Waals surface area contributed by atoms with Crippen molar-refractivity contribution in [1.82, 2.24) is 15.2 Å². The van der Waals surface area contributed by atoms with Gasteiger partial charge >= 0.3 is 0 Å². The highest BCUT2D eigenvalue weighted by atomic mass is 19.1. The molecule has 1 aliphatic rings. The van der Waals surface area contributed by atoms with Crippen LogP contribution in [-0.2, 0) is 11.2 Å². The second-order valence-electron chi connectivity index (χ2n) is 7.49. The number of rotatable bonds is 6. The Kier molecular flexibility index (Phi) is 5.41. The van der Waals surface area contributed by atoms with E-state index in [1.165, 1.54) is 25.0 Å². The number of halogens is 1. The number of hydrogen-bond donors (Lipinski definition) is 1. The Morgan fingerprint density at radius 3 is 2.58 bits per heavy atom. The first-order valence-electron chi connectivity index (χ1n) is 9.09. The molecule has 0 aliphatic carbocycles. The van der Waals surface area contributed by atoms with E-state index in [9.17, 15) is 9.18 Å². The lowest BCUT2D eigenvalue weighted by molar-refractivity contribution is -0.121. The highest BCUT2D eigenvalue weighted by molar-refractivity contribution is 5.78. The maximum absolute atomic E-state index is 13.0. The molecule has 1 amide bonds. The van der Waals surface area contributed by atoms with Crippen LogP contribution in [0.5, 0.6) is 0 Å². The Morgan fingerprint density at radius 2 is 1.92 bits per heavy atom. The Hall–Kier alpha value is -2.21. The molecule has 1 aromatic heterocycles. The average Bonchev–Trinajstić information content (AvgIpc) is 3.25. The molecule has 0 bridgehead atoms. The second kappa shape index (κ2) is 7.58. The van der Waals surface area contributed by atoms with Gasteiger partial charge in [-0.05, 0) is 71.0 Å². The number of carbonyl (C=O) groups is 1. The van der Waals surface area contributed by atoms with Gasteiger partial charge in [-0.15, -0.1) is 0 Å². The van der Waals surface area contributed by atoms with Gasteiger partial charge < -0.3 is 9.73 Å². The summed E-state index contributed by atoms with van der Waals surface area (Å²) in [6.45, 7) is 8.89. The van der Waals surface area contributed by atoms with Gasteiger partial charge in [0.25, 0.3) is 0 Å². The molecule has 2 heterocycles. The van der Waals surface area contributed by atoms with Crippen molar-refractivity contribution in [1.29, 1.82) is 0 Å². The van der Waals surface area contributed by atoms with Gasteiger partial charge in [0.1, 0.15) is 11.6 Å². The van der Waals surface area contributed by atoms with Gasteiger partial charge in [0.2, 0.25) is 11.8 Å². The summed E-state index contributed by atoms with van der Waals surface area (Å²) in [5, 5.41) is 3.02. The van der Waals surface area contributed by atoms with Gasteiger partial charge in [-0.1, -0.05) is 0 Å². The van der Waals surface area contributed by atoms with Crippen LogP contribution in [0.25, 0.3) is 11.5 Å². The quantitative estimate of drug-likeness (QED) is 0.860. The van der Waals surface area contributed by atoms with E-state index in [0.717, 1.165) is 13.1 Å². The van der Waals surface area contributed by atoms with Gasteiger partial charge in [-0.2, -0.15) is 0 Å². The Balaban J connectivity index is 1.60. The summed E-state index contributed by atoms with van der Waals surface area (Å²) in [5.74, 6) is 0.637. The fraction of sp³-hybridized carbons (Fsp3) is 0.500. The lowest BCUT2D eigenvalue weighted by atomic mass is 10.0. The summed E-state index contributed by atoms with van der Waals surface area (Å²) in [4.78, 5) is 19.2. The highest BCUT2D eigenvalue weighted by Gasteiger charge is 2.29. The van der Waals surface area contributed by atoms with Crippen LogP contribution in [0.1, 0.15) is 38.1 Å². The van der Waals surface area contributed by atoms with Crippen molar-refractivity contribution in [2.45, 2.75) is 45.6 Å². The third-order valence-corrected chi connectivity index (χ3v) is 4.99. The summed E-state index contributed by atoms with van der Waals surface area (Å²) < 4.78 is 18.7. The first-order chi connectivity index (χ1) is 12.3. The van der Waals surface area contributed by atoms with E-state index < -0.39 is 0 Å². The van der Waals surface area contributed by atoms with E-state index >= 15 is 0 Å². The molecule has 2 aromatic rings. The molecule has 1 aliphatic heterocycles. The lowest BCUT2D eigenvalue weighted by Crippen LogP contribution is -2.50. The SMILES string of the molecule is Cc1oc(-c2ccc(F)cc2)nc1CC(=O)NCC(C)(C)N1CCCC1. The Morgan fingerprint density at radius 1 is 1.27 bits per heavy atom. The third kappa shape index (κ3) is 4.30. The molecular formula is C20H26FN3O2. The first-order valence-corrected chi connectivity index (χ1v) is 9.09. The number of aromatic nitrogens is 1. The molecule has 1 fully saturated rings. The summed E-state index contributed by atoms with van der Waals surface area (Å²) >= 11 is 0. The highest BCUT2D eigenvalue weighted by Crippen LogP contribution is 2.23. The van der Waals surface area contributed by atoms with Crippen LogP contribution >= 0.6 is 0 Å². The molecule has 5 nitrogen and oxygen atoms in total. The predicted octanol–water partition coefficient (Wildman–Crippen LogP) is 3.32. The average molecular weight is 359 g/mol. The van der Waals surface area contributed by atoms with E-state index in [2.05, 4.69) is 29.0 Å². The normalized spacial score (nSPS) is 15.4. The fourth-order valence-electron chi connectivity index (χ4n) is 3.27. The van der Waals surface area contributed by atoms with Crippen LogP contribution in [0.3, 0.4) is 0 Å². The molecule has 0 unspecified atom stereocenters. The lowest BCUT2D eigenvalue weighted by Gasteiger charge is -2.35. The van der Waals surface area contributed by atoms with E-state index in [1.54, 1.807) is 19.1 Å². The minimum atomic E-state index is -0.308. The van der Waals surface area contributed by atoms with E-state index in [0.29, 0.717) is 29.5 Å². The minimum Gasteiger partial charge on any atom is -0.441 e. The van der Waals surface area contributed by atoms with Crippen molar-refractivity contribution in [3.63, 3.8) is 0 Å². The van der Waals surface area contributed by atoms with Gasteiger partial charge in [-0.25, -0.2) is 9.37 Å². The molecule has 0 atom stereocenters. The number of likely N-dealkylation sites (tertiary alicyclic amines) is 1. The maximum Gasteiger partial charge on any atom is 0.226 e. The van der Waals surface area contributed by atoms with E-state index in [-0.39, 0.29) is 23.7 Å². The molecule has 1 N–H and O–H groups in total. The number of amides is 1. The number of carbonyl (C=O) groups excluding carboxylic acids is 1. The van der Waals surface area contributed by atoms with Crippen LogP contribution in [-0.4, -0.2) is 41.0 Å². The van der Waals surface area contributed by atoms with Crippen LogP contribution in [0.2, 0.25) is 0 Å². The molecule has 1 saturated heterocycles. The minimum absolute atomic E-state index is 0.0513. The van der Waals surface area contributed by atoms with Crippen molar-refractivity contribution in [2.24, 2.45) is 0 Å². The zero-order valence-corrected chi connectivity index (χ0v) is 15.6. The van der Waals surface area contributed by atoms with Gasteiger partial charge in [0.05, 0.1) is 12.1 Å². The van der Waals surface area contributed by atoms with E-state index in [1.807, 2.05) is 0 Å². The fourth-order valence-corrected chi connectivity index (χ4v) is 3.27.